The normalized spacial score (nSPS) is 13.1. The third kappa shape index (κ3) is 5.01. The van der Waals surface area contributed by atoms with Gasteiger partial charge >= 0.3 is 0 Å². The van der Waals surface area contributed by atoms with Crippen molar-refractivity contribution in [2.24, 2.45) is 0 Å². The number of furan rings is 1. The molecule has 0 N–H and O–H groups in total. The fourth-order valence-electron chi connectivity index (χ4n) is 8.94. The summed E-state index contributed by atoms with van der Waals surface area (Å²) >= 11 is 0. The van der Waals surface area contributed by atoms with Gasteiger partial charge in [0.1, 0.15) is 11.2 Å². The van der Waals surface area contributed by atoms with Gasteiger partial charge in [-0.2, -0.15) is 0 Å². The molecule has 1 aliphatic carbocycles. The molecule has 0 amide bonds. The van der Waals surface area contributed by atoms with Gasteiger partial charge < -0.3 is 9.32 Å². The van der Waals surface area contributed by atoms with Gasteiger partial charge in [-0.25, -0.2) is 0 Å². The molecular formula is C52H41NO. The van der Waals surface area contributed by atoms with Gasteiger partial charge in [0.2, 0.25) is 0 Å². The van der Waals surface area contributed by atoms with Gasteiger partial charge in [-0.15, -0.1) is 0 Å². The van der Waals surface area contributed by atoms with Crippen LogP contribution in [0.25, 0.3) is 66.1 Å². The smallest absolute Gasteiger partial charge is 0.135 e. The fraction of sp³-hybridized carbons (Fsp3) is 0.115. The number of rotatable bonds is 6. The van der Waals surface area contributed by atoms with E-state index in [4.69, 9.17) is 4.42 Å². The van der Waals surface area contributed by atoms with Crippen LogP contribution in [-0.2, 0) is 5.41 Å². The lowest BCUT2D eigenvalue weighted by molar-refractivity contribution is 0.659. The summed E-state index contributed by atoms with van der Waals surface area (Å²) in [5, 5.41) is 4.74. The predicted octanol–water partition coefficient (Wildman–Crippen LogP) is 15.0. The Morgan fingerprint density at radius 2 is 1.13 bits per heavy atom. The molecule has 0 saturated carbocycles. The minimum Gasteiger partial charge on any atom is -0.456 e. The summed E-state index contributed by atoms with van der Waals surface area (Å²) in [4.78, 5) is 2.41. The number of hydrogen-bond donors (Lipinski definition) is 0. The largest absolute Gasteiger partial charge is 0.456 e. The van der Waals surface area contributed by atoms with E-state index >= 15 is 0 Å². The van der Waals surface area contributed by atoms with Crippen LogP contribution in [0.3, 0.4) is 0 Å². The summed E-state index contributed by atoms with van der Waals surface area (Å²) in [7, 11) is 0. The number of para-hydroxylation sites is 1. The molecule has 0 saturated heterocycles. The molecule has 2 heteroatoms. The highest BCUT2D eigenvalue weighted by molar-refractivity contribution is 6.07. The molecule has 54 heavy (non-hydrogen) atoms. The van der Waals surface area contributed by atoms with E-state index in [1.54, 1.807) is 0 Å². The lowest BCUT2D eigenvalue weighted by Gasteiger charge is -2.28. The first kappa shape index (κ1) is 32.3. The summed E-state index contributed by atoms with van der Waals surface area (Å²) < 4.78 is 6.28. The van der Waals surface area contributed by atoms with Crippen molar-refractivity contribution in [2.45, 2.75) is 39.0 Å². The summed E-state index contributed by atoms with van der Waals surface area (Å²) in [5.74, 6) is 0.443. The van der Waals surface area contributed by atoms with Crippen LogP contribution in [0.4, 0.5) is 17.1 Å². The van der Waals surface area contributed by atoms with Gasteiger partial charge in [-0.3, -0.25) is 0 Å². The van der Waals surface area contributed by atoms with Crippen LogP contribution in [0.2, 0.25) is 0 Å². The van der Waals surface area contributed by atoms with Crippen molar-refractivity contribution in [1.82, 2.24) is 0 Å². The Bertz CT molecular complexity index is 2880. The SMILES string of the molecule is CC(C)c1cccc2c1-c1ccc(N(c3ccc(-c4ccc5ccccc5c4-c4ccccc4)cc3)c3ccc4oc5ccccc5c4c3)cc1C2(C)C. The Hall–Kier alpha value is -6.38. The summed E-state index contributed by atoms with van der Waals surface area (Å²) in [6.07, 6.45) is 0. The van der Waals surface area contributed by atoms with Crippen molar-refractivity contribution < 1.29 is 4.42 Å². The van der Waals surface area contributed by atoms with Crippen molar-refractivity contribution >= 4 is 49.8 Å². The molecule has 0 atom stereocenters. The molecule has 1 aromatic heterocycles. The van der Waals surface area contributed by atoms with E-state index in [2.05, 4.69) is 190 Å². The zero-order valence-corrected chi connectivity index (χ0v) is 31.1. The van der Waals surface area contributed by atoms with Crippen molar-refractivity contribution in [1.29, 1.82) is 0 Å². The van der Waals surface area contributed by atoms with Crippen LogP contribution >= 0.6 is 0 Å². The van der Waals surface area contributed by atoms with E-state index in [1.165, 1.54) is 60.8 Å². The quantitative estimate of drug-likeness (QED) is 0.172. The monoisotopic (exact) mass is 695 g/mol. The van der Waals surface area contributed by atoms with Crippen LogP contribution < -0.4 is 4.90 Å². The van der Waals surface area contributed by atoms with Gasteiger partial charge in [0.15, 0.2) is 0 Å². The zero-order valence-electron chi connectivity index (χ0n) is 31.1. The predicted molar refractivity (Wildman–Crippen MR) is 228 cm³/mol. The van der Waals surface area contributed by atoms with Crippen molar-refractivity contribution in [3.05, 3.63) is 187 Å². The lowest BCUT2D eigenvalue weighted by Crippen LogP contribution is -2.16. The first-order valence-corrected chi connectivity index (χ1v) is 19.0. The van der Waals surface area contributed by atoms with Gasteiger partial charge in [0.25, 0.3) is 0 Å². The second-order valence-electron chi connectivity index (χ2n) is 15.5. The maximum atomic E-state index is 6.28. The standard InChI is InChI=1S/C52H41NO/c1-33(2)40-18-12-19-46-51(40)44-29-26-39(32-47(44)52(46,3)4)53(38-27-30-49-45(31-38)43-17-10-11-20-48(43)54-49)37-24-21-35(22-25-37)42-28-23-34-13-8-9-16-41(34)50(42)36-14-6-5-7-15-36/h5-33H,1-4H3. The Morgan fingerprint density at radius 1 is 0.463 bits per heavy atom. The highest BCUT2D eigenvalue weighted by atomic mass is 16.3. The Balaban J connectivity index is 1.15. The van der Waals surface area contributed by atoms with E-state index in [9.17, 15) is 0 Å². The maximum absolute atomic E-state index is 6.28. The second kappa shape index (κ2) is 12.4. The molecule has 8 aromatic carbocycles. The number of anilines is 3. The van der Waals surface area contributed by atoms with E-state index in [1.807, 2.05) is 12.1 Å². The summed E-state index contributed by atoms with van der Waals surface area (Å²) in [5.41, 5.74) is 16.8. The molecule has 260 valence electrons. The van der Waals surface area contributed by atoms with E-state index in [0.29, 0.717) is 5.92 Å². The van der Waals surface area contributed by atoms with E-state index < -0.39 is 0 Å². The molecule has 0 aliphatic heterocycles. The average molecular weight is 696 g/mol. The van der Waals surface area contributed by atoms with Crippen LogP contribution in [0.15, 0.2) is 174 Å². The Morgan fingerprint density at radius 3 is 1.94 bits per heavy atom. The number of benzene rings is 8. The third-order valence-electron chi connectivity index (χ3n) is 11.6. The Labute approximate surface area is 316 Å². The number of nitrogens with zero attached hydrogens (tertiary/aromatic N) is 1. The van der Waals surface area contributed by atoms with Crippen LogP contribution in [0.1, 0.15) is 50.3 Å². The van der Waals surface area contributed by atoms with Gasteiger partial charge in [0, 0.05) is 33.2 Å². The molecule has 2 nitrogen and oxygen atoms in total. The van der Waals surface area contributed by atoms with E-state index in [-0.39, 0.29) is 5.41 Å². The van der Waals surface area contributed by atoms with Gasteiger partial charge in [-0.05, 0) is 115 Å². The van der Waals surface area contributed by atoms with Gasteiger partial charge in [0.05, 0.1) is 0 Å². The van der Waals surface area contributed by atoms with Crippen LogP contribution in [0.5, 0.6) is 0 Å². The highest BCUT2D eigenvalue weighted by Gasteiger charge is 2.37. The lowest BCUT2D eigenvalue weighted by atomic mass is 9.81. The summed E-state index contributed by atoms with van der Waals surface area (Å²) in [6, 6.07) is 62.0. The van der Waals surface area contributed by atoms with Crippen LogP contribution in [0, 0.1) is 0 Å². The topological polar surface area (TPSA) is 16.4 Å². The second-order valence-corrected chi connectivity index (χ2v) is 15.5. The van der Waals surface area contributed by atoms with Crippen molar-refractivity contribution in [3.63, 3.8) is 0 Å². The van der Waals surface area contributed by atoms with Gasteiger partial charge in [-0.1, -0.05) is 149 Å². The van der Waals surface area contributed by atoms with Crippen LogP contribution in [-0.4, -0.2) is 0 Å². The first-order chi connectivity index (χ1) is 26.4. The molecule has 0 fully saturated rings. The molecule has 10 rings (SSSR count). The third-order valence-corrected chi connectivity index (χ3v) is 11.6. The molecule has 9 aromatic rings. The summed E-state index contributed by atoms with van der Waals surface area (Å²) in [6.45, 7) is 9.36. The highest BCUT2D eigenvalue weighted by Crippen LogP contribution is 2.53. The molecule has 0 bridgehead atoms. The fourth-order valence-corrected chi connectivity index (χ4v) is 8.94. The minimum absolute atomic E-state index is 0.129. The molecule has 0 radical (unpaired) electrons. The van der Waals surface area contributed by atoms with Crippen molar-refractivity contribution in [2.75, 3.05) is 4.90 Å². The molecular weight excluding hydrogens is 655 g/mol. The van der Waals surface area contributed by atoms with E-state index in [0.717, 1.165) is 39.0 Å². The average Bonchev–Trinajstić information content (AvgIpc) is 3.69. The minimum atomic E-state index is -0.129. The number of fused-ring (bicyclic) bond motifs is 7. The maximum Gasteiger partial charge on any atom is 0.135 e. The van der Waals surface area contributed by atoms with Crippen molar-refractivity contribution in [3.8, 4) is 33.4 Å². The number of hydrogen-bond acceptors (Lipinski definition) is 2. The zero-order chi connectivity index (χ0) is 36.6. The molecule has 0 unspecified atom stereocenters. The molecule has 1 aliphatic rings. The molecule has 1 heterocycles. The Kier molecular flexibility index (Phi) is 7.39. The molecule has 0 spiro atoms. The first-order valence-electron chi connectivity index (χ1n) is 19.0.